The molecule has 2 aromatic heterocycles. The van der Waals surface area contributed by atoms with Crippen LogP contribution in [0, 0.1) is 0 Å². The summed E-state index contributed by atoms with van der Waals surface area (Å²) in [4.78, 5) is 41.7. The number of fused-ring (bicyclic) bond motifs is 1. The van der Waals surface area contributed by atoms with Crippen LogP contribution in [0.1, 0.15) is 42.3 Å². The molecule has 2 amide bonds. The lowest BCUT2D eigenvalue weighted by molar-refractivity contribution is 0.0141. The number of carbonyl (C=O) groups excluding carboxylic acids is 2. The second-order valence-electron chi connectivity index (χ2n) is 10.4. The van der Waals surface area contributed by atoms with Gasteiger partial charge in [0.2, 0.25) is 5.95 Å². The van der Waals surface area contributed by atoms with Gasteiger partial charge in [-0.25, -0.2) is 19.7 Å². The normalized spacial score (nSPS) is 14.1. The fourth-order valence-electron chi connectivity index (χ4n) is 4.17. The van der Waals surface area contributed by atoms with Crippen LogP contribution in [0.3, 0.4) is 0 Å². The zero-order valence-electron chi connectivity index (χ0n) is 22.6. The number of thiazole rings is 1. The van der Waals surface area contributed by atoms with Gasteiger partial charge >= 0.3 is 6.09 Å². The maximum atomic E-state index is 13.0. The van der Waals surface area contributed by atoms with E-state index >= 15 is 0 Å². The Kier molecular flexibility index (Phi) is 7.65. The highest BCUT2D eigenvalue weighted by molar-refractivity contribution is 7.22. The summed E-state index contributed by atoms with van der Waals surface area (Å²) < 4.78 is 6.47. The molecule has 206 valence electrons. The number of amides is 2. The third-order valence-electron chi connectivity index (χ3n) is 6.18. The van der Waals surface area contributed by atoms with E-state index in [1.807, 2.05) is 57.2 Å². The highest BCUT2D eigenvalue weighted by atomic mass is 32.1. The number of nitrogens with one attached hydrogen (secondary N) is 1. The van der Waals surface area contributed by atoms with Crippen molar-refractivity contribution in [2.24, 2.45) is 0 Å². The second kappa shape index (κ2) is 11.3. The van der Waals surface area contributed by atoms with Crippen molar-refractivity contribution in [3.63, 3.8) is 0 Å². The Hall–Kier alpha value is -4.51. The molecule has 1 saturated heterocycles. The van der Waals surface area contributed by atoms with Gasteiger partial charge in [-0.1, -0.05) is 29.6 Å². The number of nitrogen functional groups attached to an aromatic ring is 1. The van der Waals surface area contributed by atoms with E-state index in [0.717, 1.165) is 27.0 Å². The third kappa shape index (κ3) is 6.73. The summed E-state index contributed by atoms with van der Waals surface area (Å²) >= 11 is 1.46. The molecule has 0 saturated carbocycles. The van der Waals surface area contributed by atoms with E-state index in [2.05, 4.69) is 26.3 Å². The van der Waals surface area contributed by atoms with Gasteiger partial charge in [-0.3, -0.25) is 4.79 Å². The molecule has 40 heavy (non-hydrogen) atoms. The van der Waals surface area contributed by atoms with Crippen molar-refractivity contribution in [2.45, 2.75) is 26.4 Å². The molecule has 11 heteroatoms. The Bertz CT molecular complexity index is 1530. The van der Waals surface area contributed by atoms with E-state index in [-0.39, 0.29) is 12.0 Å². The fourth-order valence-corrected chi connectivity index (χ4v) is 4.95. The van der Waals surface area contributed by atoms with Gasteiger partial charge in [-0.05, 0) is 62.7 Å². The van der Waals surface area contributed by atoms with Gasteiger partial charge in [-0.2, -0.15) is 0 Å². The average Bonchev–Trinajstić information content (AvgIpc) is 3.31. The van der Waals surface area contributed by atoms with E-state index in [1.165, 1.54) is 11.3 Å². The van der Waals surface area contributed by atoms with Crippen LogP contribution in [0.15, 0.2) is 54.9 Å². The lowest BCUT2D eigenvalue weighted by Crippen LogP contribution is -2.51. The molecule has 3 heterocycles. The first kappa shape index (κ1) is 27.1. The quantitative estimate of drug-likeness (QED) is 0.340. The molecule has 3 N–H and O–H groups in total. The van der Waals surface area contributed by atoms with Crippen molar-refractivity contribution in [3.8, 4) is 0 Å². The maximum absolute atomic E-state index is 13.0. The number of nitrogens with two attached hydrogens (primary N) is 1. The summed E-state index contributed by atoms with van der Waals surface area (Å²) in [5.74, 6) is 0.386. The highest BCUT2D eigenvalue weighted by Crippen LogP contribution is 2.25. The van der Waals surface area contributed by atoms with Gasteiger partial charge in [-0.15, -0.1) is 0 Å². The van der Waals surface area contributed by atoms with Gasteiger partial charge in [0.15, 0.2) is 5.13 Å². The highest BCUT2D eigenvalue weighted by Gasteiger charge is 2.28. The number of hydrogen-bond acceptors (Lipinski definition) is 9. The van der Waals surface area contributed by atoms with Gasteiger partial charge in [0.05, 0.1) is 10.2 Å². The number of anilines is 3. The van der Waals surface area contributed by atoms with Gasteiger partial charge in [0.25, 0.3) is 5.91 Å². The minimum Gasteiger partial charge on any atom is -0.444 e. The van der Waals surface area contributed by atoms with Crippen LogP contribution in [-0.2, 0) is 4.74 Å². The maximum Gasteiger partial charge on any atom is 0.410 e. The summed E-state index contributed by atoms with van der Waals surface area (Å²) in [6.07, 6.45) is 7.08. The summed E-state index contributed by atoms with van der Waals surface area (Å²) in [5, 5.41) is 3.72. The minimum atomic E-state index is -0.543. The molecular weight excluding hydrogens is 526 g/mol. The summed E-state index contributed by atoms with van der Waals surface area (Å²) in [7, 11) is 0. The second-order valence-corrected chi connectivity index (χ2v) is 11.5. The molecule has 0 bridgehead atoms. The van der Waals surface area contributed by atoms with Crippen LogP contribution >= 0.6 is 11.3 Å². The Labute approximate surface area is 236 Å². The smallest absolute Gasteiger partial charge is 0.410 e. The fraction of sp³-hybridized carbons (Fsp3) is 0.276. The SMILES string of the molecule is CC(C)(C)OC(=O)N1CCN(C(=O)c2ccc(Nc3ncc(C=Cc4ccc5nc(N)sc5c4)cn3)cc2)CC1. The van der Waals surface area contributed by atoms with Crippen molar-refractivity contribution in [2.75, 3.05) is 37.2 Å². The summed E-state index contributed by atoms with van der Waals surface area (Å²) in [5.41, 5.74) is 9.40. The van der Waals surface area contributed by atoms with E-state index in [9.17, 15) is 9.59 Å². The van der Waals surface area contributed by atoms with E-state index in [0.29, 0.717) is 42.8 Å². The van der Waals surface area contributed by atoms with E-state index in [4.69, 9.17) is 10.5 Å². The molecule has 1 aliphatic rings. The molecule has 10 nitrogen and oxygen atoms in total. The zero-order valence-corrected chi connectivity index (χ0v) is 23.4. The first-order valence-electron chi connectivity index (χ1n) is 12.9. The number of aromatic nitrogens is 3. The molecule has 1 fully saturated rings. The van der Waals surface area contributed by atoms with Crippen LogP contribution in [0.25, 0.3) is 22.4 Å². The molecule has 0 unspecified atom stereocenters. The number of ether oxygens (including phenoxy) is 1. The van der Waals surface area contributed by atoms with Crippen molar-refractivity contribution in [1.29, 1.82) is 0 Å². The topological polar surface area (TPSA) is 127 Å². The van der Waals surface area contributed by atoms with Crippen LogP contribution in [0.4, 0.5) is 21.6 Å². The number of rotatable bonds is 5. The summed E-state index contributed by atoms with van der Waals surface area (Å²) in [6.45, 7) is 7.33. The molecular formula is C29H31N7O3S. The van der Waals surface area contributed by atoms with Crippen molar-refractivity contribution in [3.05, 3.63) is 71.5 Å². The monoisotopic (exact) mass is 557 g/mol. The lowest BCUT2D eigenvalue weighted by Gasteiger charge is -2.35. The Morgan fingerprint density at radius 2 is 1.60 bits per heavy atom. The predicted molar refractivity (Wildman–Crippen MR) is 158 cm³/mol. The number of nitrogens with zero attached hydrogens (tertiary/aromatic N) is 5. The lowest BCUT2D eigenvalue weighted by atomic mass is 10.1. The molecule has 0 spiro atoms. The molecule has 4 aromatic rings. The van der Waals surface area contributed by atoms with E-state index < -0.39 is 5.60 Å². The largest absolute Gasteiger partial charge is 0.444 e. The van der Waals surface area contributed by atoms with Gasteiger partial charge < -0.3 is 25.6 Å². The summed E-state index contributed by atoms with van der Waals surface area (Å²) in [6, 6.07) is 13.2. The predicted octanol–water partition coefficient (Wildman–Crippen LogP) is 5.28. The number of hydrogen-bond donors (Lipinski definition) is 2. The minimum absolute atomic E-state index is 0.0688. The average molecular weight is 558 g/mol. The molecule has 2 aromatic carbocycles. The molecule has 0 aliphatic carbocycles. The number of carbonyl (C=O) groups is 2. The van der Waals surface area contributed by atoms with Gasteiger partial charge in [0.1, 0.15) is 5.60 Å². The van der Waals surface area contributed by atoms with Gasteiger partial charge in [0, 0.05) is 55.4 Å². The molecule has 1 aliphatic heterocycles. The molecule has 0 radical (unpaired) electrons. The molecule has 5 rings (SSSR count). The Balaban J connectivity index is 1.13. The van der Waals surface area contributed by atoms with Crippen LogP contribution in [0.5, 0.6) is 0 Å². The number of benzene rings is 2. The number of piperazine rings is 1. The van der Waals surface area contributed by atoms with Crippen molar-refractivity contribution in [1.82, 2.24) is 24.8 Å². The third-order valence-corrected chi connectivity index (χ3v) is 7.02. The van der Waals surface area contributed by atoms with Crippen LogP contribution in [-0.4, -0.2) is 68.5 Å². The first-order valence-corrected chi connectivity index (χ1v) is 13.8. The zero-order chi connectivity index (χ0) is 28.3. The van der Waals surface area contributed by atoms with Crippen molar-refractivity contribution >= 4 is 62.5 Å². The van der Waals surface area contributed by atoms with Crippen molar-refractivity contribution < 1.29 is 14.3 Å². The Morgan fingerprint density at radius 3 is 2.27 bits per heavy atom. The van der Waals surface area contributed by atoms with Crippen LogP contribution < -0.4 is 11.1 Å². The molecule has 0 atom stereocenters. The standard InChI is InChI=1S/C29H31N7O3S/c1-29(2,3)39-28(38)36-14-12-35(13-15-36)25(37)21-7-9-22(10-8-21)33-27-31-17-20(18-32-27)5-4-19-6-11-23-24(16-19)40-26(30)34-23/h4-11,16-18H,12-15H2,1-3H3,(H2,30,34)(H,31,32,33). The van der Waals surface area contributed by atoms with Crippen LogP contribution in [0.2, 0.25) is 0 Å². The first-order chi connectivity index (χ1) is 19.1. The van der Waals surface area contributed by atoms with E-state index in [1.54, 1.807) is 34.3 Å². The Morgan fingerprint density at radius 1 is 0.950 bits per heavy atom.